The number of nitrogens with one attached hydrogen (secondary N) is 2. The molecule has 0 spiro atoms. The quantitative estimate of drug-likeness (QED) is 0.353. The van der Waals surface area contributed by atoms with E-state index in [9.17, 15) is 14.9 Å². The van der Waals surface area contributed by atoms with E-state index in [1.807, 2.05) is 18.2 Å². The number of benzene rings is 3. The number of nitriles is 1. The van der Waals surface area contributed by atoms with Gasteiger partial charge >= 0.3 is 0 Å². The molecule has 0 unspecified atom stereocenters. The molecule has 3 aromatic rings. The molecule has 0 saturated heterocycles. The van der Waals surface area contributed by atoms with Crippen LogP contribution in [0.4, 0.5) is 11.4 Å². The molecule has 160 valence electrons. The van der Waals surface area contributed by atoms with Gasteiger partial charge in [0.25, 0.3) is 11.8 Å². The molecule has 2 N–H and O–H groups in total. The number of nitrogens with zero attached hydrogens (tertiary/aromatic N) is 1. The molecule has 3 aromatic carbocycles. The largest absolute Gasteiger partial charge is 0.481 e. The van der Waals surface area contributed by atoms with Gasteiger partial charge in [-0.05, 0) is 48.0 Å². The molecule has 2 amide bonds. The molecule has 0 bridgehead atoms. The highest BCUT2D eigenvalue weighted by molar-refractivity contribution is 6.37. The Morgan fingerprint density at radius 1 is 0.906 bits per heavy atom. The Morgan fingerprint density at radius 3 is 1.97 bits per heavy atom. The summed E-state index contributed by atoms with van der Waals surface area (Å²) in [4.78, 5) is 24.4. The van der Waals surface area contributed by atoms with Gasteiger partial charge in [0.15, 0.2) is 12.4 Å². The zero-order valence-corrected chi connectivity index (χ0v) is 18.2. The van der Waals surface area contributed by atoms with Crippen molar-refractivity contribution in [3.63, 3.8) is 0 Å². The van der Waals surface area contributed by atoms with Gasteiger partial charge < -0.3 is 15.4 Å². The fraction of sp³-hybridized carbons (Fsp3) is 0.0417. The molecule has 0 fully saturated rings. The van der Waals surface area contributed by atoms with Crippen LogP contribution in [0.3, 0.4) is 0 Å². The summed E-state index contributed by atoms with van der Waals surface area (Å²) in [6, 6.07) is 22.5. The van der Waals surface area contributed by atoms with Crippen molar-refractivity contribution in [3.05, 3.63) is 94.0 Å². The molecular formula is C24H17Cl2N3O3. The third-order valence-electron chi connectivity index (χ3n) is 4.13. The van der Waals surface area contributed by atoms with Crippen LogP contribution in [0.5, 0.6) is 5.75 Å². The summed E-state index contributed by atoms with van der Waals surface area (Å²) < 4.78 is 5.47. The van der Waals surface area contributed by atoms with E-state index in [2.05, 4.69) is 10.6 Å². The second kappa shape index (κ2) is 11.0. The normalized spacial score (nSPS) is 10.7. The van der Waals surface area contributed by atoms with Crippen molar-refractivity contribution in [2.24, 2.45) is 0 Å². The molecule has 8 heteroatoms. The second-order valence-electron chi connectivity index (χ2n) is 6.51. The highest BCUT2D eigenvalue weighted by Crippen LogP contribution is 2.35. The maximum Gasteiger partial charge on any atom is 0.266 e. The lowest BCUT2D eigenvalue weighted by molar-refractivity contribution is -0.118. The van der Waals surface area contributed by atoms with Crippen LogP contribution >= 0.6 is 23.2 Å². The summed E-state index contributed by atoms with van der Waals surface area (Å²) in [5.74, 6) is -0.818. The van der Waals surface area contributed by atoms with E-state index in [0.717, 1.165) is 0 Å². The Balaban J connectivity index is 1.69. The average Bonchev–Trinajstić information content (AvgIpc) is 2.78. The zero-order chi connectivity index (χ0) is 22.9. The third-order valence-corrected chi connectivity index (χ3v) is 4.70. The summed E-state index contributed by atoms with van der Waals surface area (Å²) in [7, 11) is 0. The van der Waals surface area contributed by atoms with Crippen LogP contribution in [-0.4, -0.2) is 18.4 Å². The summed E-state index contributed by atoms with van der Waals surface area (Å²) >= 11 is 12.5. The Morgan fingerprint density at radius 2 is 1.44 bits per heavy atom. The molecule has 0 saturated carbocycles. The molecule has 6 nitrogen and oxygen atoms in total. The monoisotopic (exact) mass is 465 g/mol. The van der Waals surface area contributed by atoms with Crippen LogP contribution in [-0.2, 0) is 9.59 Å². The molecule has 0 atom stereocenters. The molecule has 0 aromatic heterocycles. The van der Waals surface area contributed by atoms with Crippen molar-refractivity contribution in [2.75, 3.05) is 17.2 Å². The van der Waals surface area contributed by atoms with Crippen LogP contribution in [0.2, 0.25) is 10.0 Å². The van der Waals surface area contributed by atoms with E-state index in [1.165, 1.54) is 18.2 Å². The fourth-order valence-corrected chi connectivity index (χ4v) is 3.31. The first kappa shape index (κ1) is 22.9. The minimum absolute atomic E-state index is 0.126. The van der Waals surface area contributed by atoms with Crippen LogP contribution < -0.4 is 15.4 Å². The van der Waals surface area contributed by atoms with Crippen molar-refractivity contribution in [1.29, 1.82) is 5.26 Å². The predicted octanol–water partition coefficient (Wildman–Crippen LogP) is 5.56. The molecular weight excluding hydrogens is 449 g/mol. The van der Waals surface area contributed by atoms with Gasteiger partial charge in [0, 0.05) is 11.4 Å². The van der Waals surface area contributed by atoms with Gasteiger partial charge in [-0.15, -0.1) is 0 Å². The fourth-order valence-electron chi connectivity index (χ4n) is 2.69. The lowest BCUT2D eigenvalue weighted by atomic mass is 10.1. The number of rotatable bonds is 7. The highest BCUT2D eigenvalue weighted by Gasteiger charge is 2.14. The third kappa shape index (κ3) is 6.35. The second-order valence-corrected chi connectivity index (χ2v) is 7.32. The van der Waals surface area contributed by atoms with Crippen molar-refractivity contribution >= 4 is 52.5 Å². The first-order valence-corrected chi connectivity index (χ1v) is 10.2. The number of anilines is 2. The van der Waals surface area contributed by atoms with Crippen molar-refractivity contribution in [1.82, 2.24) is 0 Å². The van der Waals surface area contributed by atoms with E-state index in [-0.39, 0.29) is 33.9 Å². The Labute approximate surface area is 195 Å². The number of amides is 2. The van der Waals surface area contributed by atoms with Crippen LogP contribution in [0.1, 0.15) is 5.56 Å². The Kier molecular flexibility index (Phi) is 7.87. The number of halogens is 2. The summed E-state index contributed by atoms with van der Waals surface area (Å²) in [5, 5.41) is 15.0. The van der Waals surface area contributed by atoms with Gasteiger partial charge in [-0.25, -0.2) is 0 Å². The highest BCUT2D eigenvalue weighted by atomic mass is 35.5. The molecule has 32 heavy (non-hydrogen) atoms. The average molecular weight is 466 g/mol. The van der Waals surface area contributed by atoms with Gasteiger partial charge in [0.2, 0.25) is 0 Å². The van der Waals surface area contributed by atoms with Crippen LogP contribution in [0.25, 0.3) is 6.08 Å². The molecule has 3 rings (SSSR count). The first-order chi connectivity index (χ1) is 15.5. The number of para-hydroxylation sites is 2. The molecule has 0 aliphatic rings. The van der Waals surface area contributed by atoms with Gasteiger partial charge in [0.05, 0.1) is 10.0 Å². The number of carbonyl (C=O) groups is 2. The SMILES string of the molecule is N#C/C(=C\c1cc(Cl)c(OCC(=O)Nc2ccccc2)c(Cl)c1)C(=O)Nc1ccccc1. The van der Waals surface area contributed by atoms with Crippen molar-refractivity contribution < 1.29 is 14.3 Å². The first-order valence-electron chi connectivity index (χ1n) is 9.41. The van der Waals surface area contributed by atoms with E-state index in [0.29, 0.717) is 16.9 Å². The lowest BCUT2D eigenvalue weighted by Crippen LogP contribution is -2.20. The van der Waals surface area contributed by atoms with E-state index in [1.54, 1.807) is 48.5 Å². The topological polar surface area (TPSA) is 91.2 Å². The number of hydrogen-bond donors (Lipinski definition) is 2. The van der Waals surface area contributed by atoms with E-state index < -0.39 is 5.91 Å². The molecule has 0 aliphatic carbocycles. The molecule has 0 radical (unpaired) electrons. The number of carbonyl (C=O) groups excluding carboxylic acids is 2. The maximum atomic E-state index is 12.4. The van der Waals surface area contributed by atoms with E-state index >= 15 is 0 Å². The lowest BCUT2D eigenvalue weighted by Gasteiger charge is -2.11. The minimum Gasteiger partial charge on any atom is -0.481 e. The Bertz CT molecular complexity index is 1170. The van der Waals surface area contributed by atoms with Gasteiger partial charge in [-0.1, -0.05) is 59.6 Å². The van der Waals surface area contributed by atoms with Crippen LogP contribution in [0, 0.1) is 11.3 Å². The number of ether oxygens (including phenoxy) is 1. The van der Waals surface area contributed by atoms with Gasteiger partial charge in [0.1, 0.15) is 11.6 Å². The van der Waals surface area contributed by atoms with Crippen LogP contribution in [0.15, 0.2) is 78.4 Å². The van der Waals surface area contributed by atoms with E-state index in [4.69, 9.17) is 27.9 Å². The predicted molar refractivity (Wildman–Crippen MR) is 126 cm³/mol. The number of hydrogen-bond acceptors (Lipinski definition) is 4. The van der Waals surface area contributed by atoms with Gasteiger partial charge in [-0.3, -0.25) is 9.59 Å². The standard InChI is InChI=1S/C24H17Cl2N3O3/c25-20-12-16(11-17(14-27)24(31)29-19-9-5-2-6-10-19)13-21(26)23(20)32-15-22(30)28-18-7-3-1-4-8-18/h1-13H,15H2,(H,28,30)(H,29,31)/b17-11+. The van der Waals surface area contributed by atoms with Gasteiger partial charge in [-0.2, -0.15) is 5.26 Å². The minimum atomic E-state index is -0.566. The smallest absolute Gasteiger partial charge is 0.266 e. The molecule has 0 aliphatic heterocycles. The zero-order valence-electron chi connectivity index (χ0n) is 16.6. The summed E-state index contributed by atoms with van der Waals surface area (Å²) in [6.07, 6.45) is 1.36. The summed E-state index contributed by atoms with van der Waals surface area (Å²) in [6.45, 7) is -0.299. The van der Waals surface area contributed by atoms with Crippen molar-refractivity contribution in [3.8, 4) is 11.8 Å². The van der Waals surface area contributed by atoms with Crippen molar-refractivity contribution in [2.45, 2.75) is 0 Å². The maximum absolute atomic E-state index is 12.4. The molecule has 0 heterocycles. The Hall–Kier alpha value is -3.79. The summed E-state index contributed by atoms with van der Waals surface area (Å²) in [5.41, 5.74) is 1.50.